The van der Waals surface area contributed by atoms with E-state index in [1.807, 2.05) is 0 Å². The first kappa shape index (κ1) is 26.0. The van der Waals surface area contributed by atoms with Crippen molar-refractivity contribution in [3.05, 3.63) is 34.9 Å². The highest BCUT2D eigenvalue weighted by atomic mass is 16.1. The fraction of sp³-hybridized carbons (Fsp3) is 0.583. The molecule has 0 heterocycles. The zero-order valence-corrected chi connectivity index (χ0v) is 18.1. The normalized spacial score (nSPS) is 12.9. The molecule has 2 atom stereocenters. The molecule has 6 nitrogen and oxygen atoms in total. The second-order valence-corrected chi connectivity index (χ2v) is 7.92. The molecule has 1 aromatic carbocycles. The SMILES string of the molecule is C#Cc1cc(CCCCCC(=O)C(N)CN)cc(CCCCCC(=O)C(N)CN)c1. The minimum Gasteiger partial charge on any atom is -0.328 e. The fourth-order valence-electron chi connectivity index (χ4n) is 3.38. The monoisotopic (exact) mass is 414 g/mol. The smallest absolute Gasteiger partial charge is 0.150 e. The van der Waals surface area contributed by atoms with E-state index in [2.05, 4.69) is 24.1 Å². The van der Waals surface area contributed by atoms with Crippen molar-refractivity contribution >= 4 is 11.6 Å². The van der Waals surface area contributed by atoms with Gasteiger partial charge in [0, 0.05) is 31.5 Å². The highest BCUT2D eigenvalue weighted by molar-refractivity contribution is 5.84. The summed E-state index contributed by atoms with van der Waals surface area (Å²) >= 11 is 0. The molecule has 0 amide bonds. The van der Waals surface area contributed by atoms with Crippen LogP contribution in [0.1, 0.15) is 68.1 Å². The topological polar surface area (TPSA) is 138 Å². The van der Waals surface area contributed by atoms with Crippen molar-refractivity contribution < 1.29 is 9.59 Å². The van der Waals surface area contributed by atoms with Gasteiger partial charge < -0.3 is 22.9 Å². The molecule has 1 aromatic rings. The van der Waals surface area contributed by atoms with Crippen LogP contribution < -0.4 is 22.9 Å². The van der Waals surface area contributed by atoms with Crippen LogP contribution in [0.5, 0.6) is 0 Å². The first-order chi connectivity index (χ1) is 14.4. The number of Topliss-reactive ketones (excluding diaryl/α,β-unsaturated/α-hetero) is 2. The van der Waals surface area contributed by atoms with E-state index in [1.54, 1.807) is 0 Å². The number of carbonyl (C=O) groups is 2. The van der Waals surface area contributed by atoms with Crippen molar-refractivity contribution in [1.82, 2.24) is 0 Å². The summed E-state index contributed by atoms with van der Waals surface area (Å²) in [5.74, 6) is 2.82. The van der Waals surface area contributed by atoms with Gasteiger partial charge in [0.1, 0.15) is 0 Å². The second-order valence-electron chi connectivity index (χ2n) is 7.92. The quantitative estimate of drug-likeness (QED) is 0.239. The van der Waals surface area contributed by atoms with Crippen LogP contribution >= 0.6 is 0 Å². The van der Waals surface area contributed by atoms with Gasteiger partial charge in [-0.3, -0.25) is 9.59 Å². The van der Waals surface area contributed by atoms with E-state index in [0.717, 1.165) is 56.9 Å². The molecule has 0 fully saturated rings. The minimum atomic E-state index is -0.532. The first-order valence-electron chi connectivity index (χ1n) is 11.0. The predicted octanol–water partition coefficient (Wildman–Crippen LogP) is 1.58. The van der Waals surface area contributed by atoms with Crippen LogP contribution in [0.3, 0.4) is 0 Å². The maximum atomic E-state index is 11.7. The van der Waals surface area contributed by atoms with Gasteiger partial charge in [-0.25, -0.2) is 0 Å². The van der Waals surface area contributed by atoms with E-state index in [0.29, 0.717) is 12.8 Å². The summed E-state index contributed by atoms with van der Waals surface area (Å²) in [6.45, 7) is 0.413. The van der Waals surface area contributed by atoms with Crippen LogP contribution in [0.2, 0.25) is 0 Å². The highest BCUT2D eigenvalue weighted by Crippen LogP contribution is 2.16. The zero-order chi connectivity index (χ0) is 22.4. The minimum absolute atomic E-state index is 0.0424. The number of terminal acetylenes is 1. The third kappa shape index (κ3) is 10.1. The Kier molecular flexibility index (Phi) is 12.9. The molecule has 166 valence electrons. The maximum absolute atomic E-state index is 11.7. The van der Waals surface area contributed by atoms with Crippen molar-refractivity contribution in [1.29, 1.82) is 0 Å². The molecule has 0 radical (unpaired) electrons. The molecule has 6 heteroatoms. The average molecular weight is 415 g/mol. The van der Waals surface area contributed by atoms with Crippen LogP contribution in [0, 0.1) is 12.3 Å². The van der Waals surface area contributed by atoms with Gasteiger partial charge in [-0.15, -0.1) is 6.42 Å². The highest BCUT2D eigenvalue weighted by Gasteiger charge is 2.11. The molecule has 0 aliphatic carbocycles. The third-order valence-corrected chi connectivity index (χ3v) is 5.33. The molecule has 1 rings (SSSR count). The summed E-state index contributed by atoms with van der Waals surface area (Å²) < 4.78 is 0. The Hall–Kier alpha value is -2.04. The van der Waals surface area contributed by atoms with Gasteiger partial charge in [-0.1, -0.05) is 24.8 Å². The van der Waals surface area contributed by atoms with E-state index in [4.69, 9.17) is 29.4 Å². The van der Waals surface area contributed by atoms with Gasteiger partial charge in [0.25, 0.3) is 0 Å². The molecule has 0 spiro atoms. The summed E-state index contributed by atoms with van der Waals surface area (Å²) in [4.78, 5) is 23.4. The number of carbonyl (C=O) groups excluding carboxylic acids is 2. The van der Waals surface area contributed by atoms with Crippen molar-refractivity contribution in [2.24, 2.45) is 22.9 Å². The standard InChI is InChI=1S/C24H38N4O2/c1-2-18-13-19(9-5-3-7-11-23(29)21(27)16-25)15-20(14-18)10-6-4-8-12-24(30)22(28)17-26/h1,13-15,21-22H,3-12,16-17,25-28H2. The number of nitrogens with two attached hydrogens (primary N) is 4. The molecule has 0 aliphatic heterocycles. The number of ketones is 2. The lowest BCUT2D eigenvalue weighted by Gasteiger charge is -2.09. The Labute approximate surface area is 181 Å². The predicted molar refractivity (Wildman–Crippen MR) is 123 cm³/mol. The molecule has 2 unspecified atom stereocenters. The Morgan fingerprint density at radius 1 is 0.767 bits per heavy atom. The van der Waals surface area contributed by atoms with E-state index in [9.17, 15) is 9.59 Å². The van der Waals surface area contributed by atoms with Crippen molar-refractivity contribution in [3.63, 3.8) is 0 Å². The van der Waals surface area contributed by atoms with Crippen LogP contribution in [-0.4, -0.2) is 36.7 Å². The van der Waals surface area contributed by atoms with Crippen LogP contribution in [0.15, 0.2) is 18.2 Å². The van der Waals surface area contributed by atoms with Gasteiger partial charge in [-0.05, 0) is 61.8 Å². The Morgan fingerprint density at radius 2 is 1.20 bits per heavy atom. The summed E-state index contributed by atoms with van der Waals surface area (Å²) in [7, 11) is 0. The van der Waals surface area contributed by atoms with E-state index < -0.39 is 12.1 Å². The molecule has 0 bridgehead atoms. The summed E-state index contributed by atoms with van der Waals surface area (Å²) in [5.41, 5.74) is 25.5. The maximum Gasteiger partial charge on any atom is 0.150 e. The number of hydrogen-bond acceptors (Lipinski definition) is 6. The first-order valence-corrected chi connectivity index (χ1v) is 11.0. The van der Waals surface area contributed by atoms with Gasteiger partial charge in [0.2, 0.25) is 0 Å². The lowest BCUT2D eigenvalue weighted by Crippen LogP contribution is -2.37. The van der Waals surface area contributed by atoms with E-state index in [1.165, 1.54) is 11.1 Å². The number of unbranched alkanes of at least 4 members (excludes halogenated alkanes) is 4. The van der Waals surface area contributed by atoms with Gasteiger partial charge >= 0.3 is 0 Å². The average Bonchev–Trinajstić information content (AvgIpc) is 2.76. The summed E-state index contributed by atoms with van der Waals surface area (Å²) in [6, 6.07) is 5.27. The molecular weight excluding hydrogens is 376 g/mol. The third-order valence-electron chi connectivity index (χ3n) is 5.33. The van der Waals surface area contributed by atoms with Crippen molar-refractivity contribution in [3.8, 4) is 12.3 Å². The molecule has 0 aromatic heterocycles. The lowest BCUT2D eigenvalue weighted by molar-refractivity contribution is -0.121. The molecule has 0 saturated heterocycles. The number of benzene rings is 1. The Balaban J connectivity index is 2.39. The van der Waals surface area contributed by atoms with Crippen LogP contribution in [-0.2, 0) is 22.4 Å². The Bertz CT molecular complexity index is 661. The molecule has 30 heavy (non-hydrogen) atoms. The Morgan fingerprint density at radius 3 is 1.57 bits per heavy atom. The lowest BCUT2D eigenvalue weighted by atomic mass is 9.97. The van der Waals surface area contributed by atoms with Crippen LogP contribution in [0.25, 0.3) is 0 Å². The van der Waals surface area contributed by atoms with Gasteiger partial charge in [0.15, 0.2) is 11.6 Å². The summed E-state index contributed by atoms with van der Waals surface area (Å²) in [6.07, 6.45) is 14.1. The number of rotatable bonds is 16. The van der Waals surface area contributed by atoms with E-state index in [-0.39, 0.29) is 24.7 Å². The molecule has 0 aliphatic rings. The number of hydrogen-bond donors (Lipinski definition) is 4. The molecular formula is C24H38N4O2. The fourth-order valence-corrected chi connectivity index (χ4v) is 3.38. The van der Waals surface area contributed by atoms with Crippen LogP contribution in [0.4, 0.5) is 0 Å². The molecule has 0 saturated carbocycles. The van der Waals surface area contributed by atoms with Crippen molar-refractivity contribution in [2.45, 2.75) is 76.3 Å². The van der Waals surface area contributed by atoms with Crippen molar-refractivity contribution in [2.75, 3.05) is 13.1 Å². The van der Waals surface area contributed by atoms with Gasteiger partial charge in [-0.2, -0.15) is 0 Å². The number of aryl methyl sites for hydroxylation is 2. The largest absolute Gasteiger partial charge is 0.328 e. The summed E-state index contributed by atoms with van der Waals surface area (Å²) in [5, 5.41) is 0. The second kappa shape index (κ2) is 14.9. The molecule has 8 N–H and O–H groups in total. The van der Waals surface area contributed by atoms with E-state index >= 15 is 0 Å². The zero-order valence-electron chi connectivity index (χ0n) is 18.1. The van der Waals surface area contributed by atoms with Gasteiger partial charge in [0.05, 0.1) is 12.1 Å².